The number of hydrogen-bond donors (Lipinski definition) is 2. The van der Waals surface area contributed by atoms with Gasteiger partial charge in [0.2, 0.25) is 0 Å². The standard InChI is InChI=1S/C12H18O8/c1-7(13)5-11(17)19-9(15)3-4-10(16)20-12(18)6-8(2)14/h7-8,13-14H,3-6H2,1-2H3. The van der Waals surface area contributed by atoms with Crippen molar-refractivity contribution in [3.05, 3.63) is 0 Å². The van der Waals surface area contributed by atoms with Gasteiger partial charge in [0.1, 0.15) is 0 Å². The molecule has 2 N–H and O–H groups in total. The van der Waals surface area contributed by atoms with Crippen molar-refractivity contribution in [1.82, 2.24) is 0 Å². The van der Waals surface area contributed by atoms with Gasteiger partial charge in [-0.3, -0.25) is 19.2 Å². The van der Waals surface area contributed by atoms with Gasteiger partial charge in [-0.2, -0.15) is 0 Å². The van der Waals surface area contributed by atoms with Crippen LogP contribution < -0.4 is 0 Å². The van der Waals surface area contributed by atoms with Crippen LogP contribution in [0.2, 0.25) is 0 Å². The summed E-state index contributed by atoms with van der Waals surface area (Å²) in [5.41, 5.74) is 0. The first-order valence-corrected chi connectivity index (χ1v) is 6.03. The lowest BCUT2D eigenvalue weighted by Gasteiger charge is -2.05. The van der Waals surface area contributed by atoms with Crippen LogP contribution in [0.4, 0.5) is 0 Å². The third-order valence-corrected chi connectivity index (χ3v) is 1.91. The minimum Gasteiger partial charge on any atom is -0.393 e. The number of ether oxygens (including phenoxy) is 2. The van der Waals surface area contributed by atoms with Gasteiger partial charge in [0.25, 0.3) is 0 Å². The molecule has 0 aromatic rings. The second-order valence-electron chi connectivity index (χ2n) is 4.30. The van der Waals surface area contributed by atoms with Crippen molar-refractivity contribution in [2.45, 2.75) is 51.7 Å². The number of aliphatic hydroxyl groups excluding tert-OH is 2. The lowest BCUT2D eigenvalue weighted by molar-refractivity contribution is -0.166. The van der Waals surface area contributed by atoms with Gasteiger partial charge < -0.3 is 19.7 Å². The number of carbonyl (C=O) groups excluding carboxylic acids is 4. The molecule has 0 aliphatic heterocycles. The Morgan fingerprint density at radius 3 is 1.30 bits per heavy atom. The monoisotopic (exact) mass is 290 g/mol. The minimum absolute atomic E-state index is 0.330. The van der Waals surface area contributed by atoms with Gasteiger partial charge in [-0.25, -0.2) is 0 Å². The third-order valence-electron chi connectivity index (χ3n) is 1.91. The molecule has 0 saturated carbocycles. The van der Waals surface area contributed by atoms with E-state index in [1.807, 2.05) is 0 Å². The normalized spacial score (nSPS) is 13.2. The van der Waals surface area contributed by atoms with Crippen LogP contribution in [0, 0.1) is 0 Å². The molecule has 0 saturated heterocycles. The summed E-state index contributed by atoms with van der Waals surface area (Å²) in [7, 11) is 0. The average Bonchev–Trinajstić information content (AvgIpc) is 2.23. The number of rotatable bonds is 7. The number of hydrogen-bond acceptors (Lipinski definition) is 8. The van der Waals surface area contributed by atoms with Crippen molar-refractivity contribution in [2.24, 2.45) is 0 Å². The molecular formula is C12H18O8. The Kier molecular flexibility index (Phi) is 8.33. The van der Waals surface area contributed by atoms with E-state index in [2.05, 4.69) is 9.47 Å². The second-order valence-corrected chi connectivity index (χ2v) is 4.30. The Balaban J connectivity index is 3.92. The van der Waals surface area contributed by atoms with Crippen molar-refractivity contribution in [3.8, 4) is 0 Å². The molecular weight excluding hydrogens is 272 g/mol. The summed E-state index contributed by atoms with van der Waals surface area (Å²) in [6.45, 7) is 2.72. The quantitative estimate of drug-likeness (QED) is 0.472. The van der Waals surface area contributed by atoms with Crippen LogP contribution in [0.1, 0.15) is 39.5 Å². The maximum atomic E-state index is 11.1. The predicted octanol–water partition coefficient (Wildman–Crippen LogP) is -0.552. The van der Waals surface area contributed by atoms with Crippen LogP contribution in [0.5, 0.6) is 0 Å². The van der Waals surface area contributed by atoms with E-state index in [-0.39, 0.29) is 12.8 Å². The summed E-state index contributed by atoms with van der Waals surface area (Å²) in [5.74, 6) is -3.70. The maximum Gasteiger partial charge on any atom is 0.316 e. The fourth-order valence-corrected chi connectivity index (χ4v) is 1.13. The number of esters is 4. The summed E-state index contributed by atoms with van der Waals surface area (Å²) in [6.07, 6.45) is -3.37. The van der Waals surface area contributed by atoms with Crippen LogP contribution in [-0.4, -0.2) is 46.3 Å². The first-order valence-electron chi connectivity index (χ1n) is 6.03. The predicted molar refractivity (Wildman–Crippen MR) is 64.0 cm³/mol. The smallest absolute Gasteiger partial charge is 0.316 e. The molecule has 0 bridgehead atoms. The summed E-state index contributed by atoms with van der Waals surface area (Å²) >= 11 is 0. The summed E-state index contributed by atoms with van der Waals surface area (Å²) < 4.78 is 8.62. The Morgan fingerprint density at radius 2 is 1.05 bits per heavy atom. The molecule has 8 heteroatoms. The highest BCUT2D eigenvalue weighted by Crippen LogP contribution is 2.01. The van der Waals surface area contributed by atoms with E-state index in [0.29, 0.717) is 0 Å². The van der Waals surface area contributed by atoms with E-state index in [0.717, 1.165) is 0 Å². The molecule has 0 radical (unpaired) electrons. The van der Waals surface area contributed by atoms with E-state index in [1.165, 1.54) is 13.8 Å². The Bertz CT molecular complexity index is 336. The molecule has 0 rings (SSSR count). The first kappa shape index (κ1) is 18.2. The Hall–Kier alpha value is -1.80. The van der Waals surface area contributed by atoms with E-state index in [1.54, 1.807) is 0 Å². The third kappa shape index (κ3) is 10.2. The van der Waals surface area contributed by atoms with Crippen molar-refractivity contribution < 1.29 is 38.9 Å². The van der Waals surface area contributed by atoms with E-state index >= 15 is 0 Å². The Morgan fingerprint density at radius 1 is 0.750 bits per heavy atom. The second kappa shape index (κ2) is 9.16. The summed E-state index contributed by atoms with van der Waals surface area (Å²) in [6, 6.07) is 0. The van der Waals surface area contributed by atoms with E-state index < -0.39 is 48.9 Å². The molecule has 114 valence electrons. The van der Waals surface area contributed by atoms with Crippen LogP contribution in [0.3, 0.4) is 0 Å². The molecule has 8 nitrogen and oxygen atoms in total. The molecule has 2 unspecified atom stereocenters. The maximum absolute atomic E-state index is 11.1. The summed E-state index contributed by atoms with van der Waals surface area (Å²) in [4.78, 5) is 44.3. The molecule has 0 heterocycles. The SMILES string of the molecule is CC(O)CC(=O)OC(=O)CCC(=O)OC(=O)CC(C)O. The largest absolute Gasteiger partial charge is 0.393 e. The van der Waals surface area contributed by atoms with E-state index in [4.69, 9.17) is 10.2 Å². The van der Waals surface area contributed by atoms with Gasteiger partial charge in [-0.1, -0.05) is 0 Å². The van der Waals surface area contributed by atoms with Gasteiger partial charge in [-0.15, -0.1) is 0 Å². The van der Waals surface area contributed by atoms with Gasteiger partial charge in [0.05, 0.1) is 37.9 Å². The highest BCUT2D eigenvalue weighted by molar-refractivity contribution is 5.90. The van der Waals surface area contributed by atoms with Crippen molar-refractivity contribution in [3.63, 3.8) is 0 Å². The highest BCUT2D eigenvalue weighted by atomic mass is 16.6. The molecule has 2 atom stereocenters. The number of aliphatic hydroxyl groups is 2. The molecule has 0 spiro atoms. The van der Waals surface area contributed by atoms with Gasteiger partial charge in [0.15, 0.2) is 0 Å². The Labute approximate surface area is 115 Å². The average molecular weight is 290 g/mol. The molecule has 0 aromatic carbocycles. The van der Waals surface area contributed by atoms with Gasteiger partial charge in [0, 0.05) is 0 Å². The fraction of sp³-hybridized carbons (Fsp3) is 0.667. The topological polar surface area (TPSA) is 127 Å². The molecule has 0 aliphatic rings. The van der Waals surface area contributed by atoms with Crippen molar-refractivity contribution >= 4 is 23.9 Å². The molecule has 0 fully saturated rings. The molecule has 0 aromatic heterocycles. The highest BCUT2D eigenvalue weighted by Gasteiger charge is 2.17. The van der Waals surface area contributed by atoms with Crippen LogP contribution in [-0.2, 0) is 28.7 Å². The van der Waals surface area contributed by atoms with Crippen molar-refractivity contribution in [1.29, 1.82) is 0 Å². The zero-order valence-electron chi connectivity index (χ0n) is 11.3. The zero-order valence-corrected chi connectivity index (χ0v) is 11.3. The zero-order chi connectivity index (χ0) is 15.7. The van der Waals surface area contributed by atoms with Crippen LogP contribution in [0.25, 0.3) is 0 Å². The molecule has 0 amide bonds. The van der Waals surface area contributed by atoms with E-state index in [9.17, 15) is 19.2 Å². The number of carbonyl (C=O) groups is 4. The molecule has 0 aliphatic carbocycles. The minimum atomic E-state index is -0.949. The lowest BCUT2D eigenvalue weighted by Crippen LogP contribution is -2.20. The van der Waals surface area contributed by atoms with Gasteiger partial charge >= 0.3 is 23.9 Å². The fourth-order valence-electron chi connectivity index (χ4n) is 1.13. The van der Waals surface area contributed by atoms with Gasteiger partial charge in [-0.05, 0) is 13.8 Å². The molecule has 20 heavy (non-hydrogen) atoms. The van der Waals surface area contributed by atoms with Crippen LogP contribution >= 0.6 is 0 Å². The first-order chi connectivity index (χ1) is 9.20. The van der Waals surface area contributed by atoms with Crippen molar-refractivity contribution in [2.75, 3.05) is 0 Å². The lowest BCUT2D eigenvalue weighted by atomic mass is 10.3. The van der Waals surface area contributed by atoms with Crippen LogP contribution in [0.15, 0.2) is 0 Å². The summed E-state index contributed by atoms with van der Waals surface area (Å²) in [5, 5.41) is 17.8.